The fraction of sp³-hybridized carbons (Fsp3) is 0.857. The highest BCUT2D eigenvalue weighted by Gasteiger charge is 1.95. The first kappa shape index (κ1) is 22.2. The number of unbranched alkanes of at least 4 members (excludes halogenated alkanes) is 13. The van der Waals surface area contributed by atoms with Crippen LogP contribution >= 0.6 is 0 Å². The molecule has 23 heavy (non-hydrogen) atoms. The van der Waals surface area contributed by atoms with Gasteiger partial charge in [-0.2, -0.15) is 0 Å². The zero-order valence-corrected chi connectivity index (χ0v) is 15.8. The predicted molar refractivity (Wildman–Crippen MR) is 101 cm³/mol. The molecule has 0 aliphatic carbocycles. The van der Waals surface area contributed by atoms with Gasteiger partial charge in [0.05, 0.1) is 6.61 Å². The monoisotopic (exact) mass is 324 g/mol. The molecule has 0 saturated carbocycles. The molecule has 0 fully saturated rings. The summed E-state index contributed by atoms with van der Waals surface area (Å²) in [5.41, 5.74) is 0. The first-order valence-electron chi connectivity index (χ1n) is 10.1. The van der Waals surface area contributed by atoms with E-state index >= 15 is 0 Å². The Labute approximate surface area is 145 Å². The van der Waals surface area contributed by atoms with Crippen molar-refractivity contribution in [2.45, 2.75) is 110 Å². The molecule has 136 valence electrons. The number of hydrogen-bond acceptors (Lipinski definition) is 2. The second-order valence-electron chi connectivity index (χ2n) is 6.63. The van der Waals surface area contributed by atoms with E-state index in [1.165, 1.54) is 96.8 Å². The molecule has 0 aromatic rings. The molecular weight excluding hydrogens is 284 g/mol. The Kier molecular flexibility index (Phi) is 18.6. The average molecular weight is 325 g/mol. The first-order chi connectivity index (χ1) is 11.3. The van der Waals surface area contributed by atoms with Gasteiger partial charge in [0.2, 0.25) is 0 Å². The second-order valence-corrected chi connectivity index (χ2v) is 6.63. The standard InChI is InChI=1S/C21H40O2/c1-3-4-5-6-7-8-9-10-11-12-13-14-15-16-17-18-19-20-23-21(2)22/h6-7H,3-5,8-20H2,1-2H3. The molecule has 0 aromatic heterocycles. The fourth-order valence-corrected chi connectivity index (χ4v) is 2.73. The van der Waals surface area contributed by atoms with Crippen LogP contribution in [0.15, 0.2) is 12.2 Å². The molecule has 0 heterocycles. The summed E-state index contributed by atoms with van der Waals surface area (Å²) in [4.78, 5) is 10.6. The summed E-state index contributed by atoms with van der Waals surface area (Å²) in [7, 11) is 0. The topological polar surface area (TPSA) is 26.3 Å². The van der Waals surface area contributed by atoms with E-state index in [4.69, 9.17) is 4.74 Å². The van der Waals surface area contributed by atoms with E-state index in [1.807, 2.05) is 0 Å². The van der Waals surface area contributed by atoms with Crippen LogP contribution in [-0.4, -0.2) is 12.6 Å². The van der Waals surface area contributed by atoms with Gasteiger partial charge in [0.1, 0.15) is 0 Å². The van der Waals surface area contributed by atoms with Gasteiger partial charge in [-0.1, -0.05) is 89.7 Å². The maximum atomic E-state index is 10.6. The van der Waals surface area contributed by atoms with Gasteiger partial charge in [-0.25, -0.2) is 0 Å². The maximum Gasteiger partial charge on any atom is 0.302 e. The van der Waals surface area contributed by atoms with Crippen LogP contribution in [0.1, 0.15) is 110 Å². The number of ether oxygens (including phenoxy) is 1. The minimum Gasteiger partial charge on any atom is -0.466 e. The summed E-state index contributed by atoms with van der Waals surface area (Å²) >= 11 is 0. The van der Waals surface area contributed by atoms with Crippen molar-refractivity contribution in [3.63, 3.8) is 0 Å². The Morgan fingerprint density at radius 3 is 1.61 bits per heavy atom. The third kappa shape index (κ3) is 21.2. The first-order valence-corrected chi connectivity index (χ1v) is 10.1. The third-order valence-corrected chi connectivity index (χ3v) is 4.21. The lowest BCUT2D eigenvalue weighted by molar-refractivity contribution is -0.141. The Hall–Kier alpha value is -0.790. The summed E-state index contributed by atoms with van der Waals surface area (Å²) in [6.45, 7) is 4.33. The van der Waals surface area contributed by atoms with Gasteiger partial charge in [-0.05, 0) is 25.7 Å². The van der Waals surface area contributed by atoms with Crippen molar-refractivity contribution in [1.82, 2.24) is 0 Å². The molecular formula is C21H40O2. The summed E-state index contributed by atoms with van der Waals surface area (Å²) in [6.07, 6.45) is 24.5. The average Bonchev–Trinajstić information content (AvgIpc) is 2.53. The van der Waals surface area contributed by atoms with Crippen molar-refractivity contribution in [2.24, 2.45) is 0 Å². The van der Waals surface area contributed by atoms with E-state index in [9.17, 15) is 4.79 Å². The van der Waals surface area contributed by atoms with Crippen LogP contribution in [0.2, 0.25) is 0 Å². The van der Waals surface area contributed by atoms with E-state index in [2.05, 4.69) is 19.1 Å². The minimum absolute atomic E-state index is 0.155. The molecule has 2 heteroatoms. The highest BCUT2D eigenvalue weighted by Crippen LogP contribution is 2.12. The van der Waals surface area contributed by atoms with E-state index in [1.54, 1.807) is 0 Å². The van der Waals surface area contributed by atoms with E-state index in [0.717, 1.165) is 6.42 Å². The number of carbonyl (C=O) groups excluding carboxylic acids is 1. The molecule has 0 aliphatic heterocycles. The molecule has 0 unspecified atom stereocenters. The Bertz CT molecular complexity index is 271. The van der Waals surface area contributed by atoms with Crippen LogP contribution < -0.4 is 0 Å². The Morgan fingerprint density at radius 2 is 1.13 bits per heavy atom. The Balaban J connectivity index is 3.02. The number of esters is 1. The number of rotatable bonds is 17. The van der Waals surface area contributed by atoms with Gasteiger partial charge in [0.25, 0.3) is 0 Å². The maximum absolute atomic E-state index is 10.6. The van der Waals surface area contributed by atoms with Gasteiger partial charge < -0.3 is 4.74 Å². The van der Waals surface area contributed by atoms with Crippen molar-refractivity contribution in [1.29, 1.82) is 0 Å². The molecule has 0 bridgehead atoms. The predicted octanol–water partition coefficient (Wildman–Crippen LogP) is 6.98. The van der Waals surface area contributed by atoms with Crippen molar-refractivity contribution < 1.29 is 9.53 Å². The second kappa shape index (κ2) is 19.3. The van der Waals surface area contributed by atoms with Crippen LogP contribution in [0.5, 0.6) is 0 Å². The van der Waals surface area contributed by atoms with Crippen LogP contribution in [0.25, 0.3) is 0 Å². The fourth-order valence-electron chi connectivity index (χ4n) is 2.73. The molecule has 0 N–H and O–H groups in total. The van der Waals surface area contributed by atoms with Crippen molar-refractivity contribution in [3.8, 4) is 0 Å². The third-order valence-electron chi connectivity index (χ3n) is 4.21. The SMILES string of the molecule is CCCCC=CCCCCCCCCCCCCCOC(C)=O. The van der Waals surface area contributed by atoms with E-state index < -0.39 is 0 Å². The van der Waals surface area contributed by atoms with Crippen LogP contribution in [-0.2, 0) is 9.53 Å². The molecule has 0 spiro atoms. The van der Waals surface area contributed by atoms with Gasteiger partial charge in [0.15, 0.2) is 0 Å². The van der Waals surface area contributed by atoms with Crippen LogP contribution in [0.4, 0.5) is 0 Å². The zero-order chi connectivity index (χ0) is 17.0. The lowest BCUT2D eigenvalue weighted by Gasteiger charge is -2.03. The lowest BCUT2D eigenvalue weighted by atomic mass is 10.1. The van der Waals surface area contributed by atoms with E-state index in [-0.39, 0.29) is 5.97 Å². The quantitative estimate of drug-likeness (QED) is 0.164. The van der Waals surface area contributed by atoms with Gasteiger partial charge in [-0.3, -0.25) is 4.79 Å². The molecule has 0 amide bonds. The molecule has 0 saturated heterocycles. The summed E-state index contributed by atoms with van der Waals surface area (Å²) < 4.78 is 4.92. The van der Waals surface area contributed by atoms with Crippen molar-refractivity contribution in [3.05, 3.63) is 12.2 Å². The number of hydrogen-bond donors (Lipinski definition) is 0. The van der Waals surface area contributed by atoms with Crippen LogP contribution in [0, 0.1) is 0 Å². The largest absolute Gasteiger partial charge is 0.466 e. The highest BCUT2D eigenvalue weighted by atomic mass is 16.5. The molecule has 0 rings (SSSR count). The molecule has 0 radical (unpaired) electrons. The zero-order valence-electron chi connectivity index (χ0n) is 15.8. The van der Waals surface area contributed by atoms with Gasteiger partial charge in [-0.15, -0.1) is 0 Å². The molecule has 2 nitrogen and oxygen atoms in total. The summed E-state index contributed by atoms with van der Waals surface area (Å²) in [5, 5.41) is 0. The number of allylic oxidation sites excluding steroid dienone is 2. The van der Waals surface area contributed by atoms with Crippen molar-refractivity contribution >= 4 is 5.97 Å². The summed E-state index contributed by atoms with van der Waals surface area (Å²) in [6, 6.07) is 0. The van der Waals surface area contributed by atoms with Gasteiger partial charge in [0, 0.05) is 6.92 Å². The van der Waals surface area contributed by atoms with E-state index in [0.29, 0.717) is 6.61 Å². The normalized spacial score (nSPS) is 11.2. The molecule has 0 atom stereocenters. The minimum atomic E-state index is -0.155. The van der Waals surface area contributed by atoms with Gasteiger partial charge >= 0.3 is 5.97 Å². The van der Waals surface area contributed by atoms with Crippen LogP contribution in [0.3, 0.4) is 0 Å². The Morgan fingerprint density at radius 1 is 0.696 bits per heavy atom. The molecule has 0 aromatic carbocycles. The smallest absolute Gasteiger partial charge is 0.302 e. The highest BCUT2D eigenvalue weighted by molar-refractivity contribution is 5.65. The summed E-state index contributed by atoms with van der Waals surface area (Å²) in [5.74, 6) is -0.155. The van der Waals surface area contributed by atoms with Crippen molar-refractivity contribution in [2.75, 3.05) is 6.61 Å². The lowest BCUT2D eigenvalue weighted by Crippen LogP contribution is -2.00. The number of carbonyl (C=O) groups is 1. The molecule has 0 aliphatic rings.